The Labute approximate surface area is 177 Å². The Morgan fingerprint density at radius 1 is 1.29 bits per heavy atom. The molecule has 0 bridgehead atoms. The third kappa shape index (κ3) is 5.07. The van der Waals surface area contributed by atoms with Gasteiger partial charge in [-0.15, -0.1) is 0 Å². The van der Waals surface area contributed by atoms with E-state index in [0.29, 0.717) is 11.4 Å². The van der Waals surface area contributed by atoms with Gasteiger partial charge in [-0.25, -0.2) is 9.78 Å². The molecule has 1 aromatic carbocycles. The van der Waals surface area contributed by atoms with Crippen LogP contribution in [0.4, 0.5) is 29.3 Å². The van der Waals surface area contributed by atoms with Crippen LogP contribution < -0.4 is 15.0 Å². The van der Waals surface area contributed by atoms with Gasteiger partial charge >= 0.3 is 12.2 Å². The number of alkyl halides is 3. The van der Waals surface area contributed by atoms with E-state index in [9.17, 15) is 22.8 Å². The largest absolute Gasteiger partial charge is 0.497 e. The minimum atomic E-state index is -4.56. The van der Waals surface area contributed by atoms with Gasteiger partial charge in [-0.3, -0.25) is 9.69 Å². The van der Waals surface area contributed by atoms with Crippen LogP contribution in [-0.2, 0) is 11.0 Å². The molecule has 0 unspecified atom stereocenters. The first-order valence-corrected chi connectivity index (χ1v) is 9.65. The van der Waals surface area contributed by atoms with E-state index in [1.54, 1.807) is 24.3 Å². The van der Waals surface area contributed by atoms with Crippen molar-refractivity contribution in [2.24, 2.45) is 5.92 Å². The fraction of sp³-hybridized carbons (Fsp3) is 0.381. The molecule has 1 aromatic heterocycles. The third-order valence-corrected chi connectivity index (χ3v) is 5.03. The number of amides is 3. The summed E-state index contributed by atoms with van der Waals surface area (Å²) >= 11 is 0. The van der Waals surface area contributed by atoms with Crippen molar-refractivity contribution in [3.05, 3.63) is 48.3 Å². The molecule has 1 fully saturated rings. The summed E-state index contributed by atoms with van der Waals surface area (Å²) in [6, 6.07) is 8.13. The Morgan fingerprint density at radius 3 is 2.61 bits per heavy atom. The number of halogens is 3. The quantitative estimate of drug-likeness (QED) is 0.743. The Balaban J connectivity index is 1.75. The minimum absolute atomic E-state index is 0.0287. The minimum Gasteiger partial charge on any atom is -0.497 e. The summed E-state index contributed by atoms with van der Waals surface area (Å²) in [6.45, 7) is 3.89. The maximum Gasteiger partial charge on any atom is 0.433 e. The number of methoxy groups -OCH3 is 1. The van der Waals surface area contributed by atoms with Gasteiger partial charge in [0, 0.05) is 18.3 Å². The van der Waals surface area contributed by atoms with Gasteiger partial charge in [-0.2, -0.15) is 13.2 Å². The van der Waals surface area contributed by atoms with Crippen LogP contribution in [0.1, 0.15) is 19.5 Å². The summed E-state index contributed by atoms with van der Waals surface area (Å²) in [5.41, 5.74) is -0.252. The SMILES string of the molecule is COc1cccc(NC(=O)CN2C(=O)N(c3ccc(C(F)(F)F)nc3)C[C@@H]2C(C)C)c1. The molecular weight excluding hydrogens is 413 g/mol. The highest BCUT2D eigenvalue weighted by molar-refractivity contribution is 5.99. The second-order valence-electron chi connectivity index (χ2n) is 7.51. The van der Waals surface area contributed by atoms with Gasteiger partial charge < -0.3 is 15.0 Å². The van der Waals surface area contributed by atoms with E-state index in [0.717, 1.165) is 12.3 Å². The number of pyridine rings is 1. The van der Waals surface area contributed by atoms with E-state index in [-0.39, 0.29) is 36.6 Å². The van der Waals surface area contributed by atoms with Crippen LogP contribution in [0.2, 0.25) is 0 Å². The normalized spacial score (nSPS) is 16.7. The third-order valence-electron chi connectivity index (χ3n) is 5.03. The second-order valence-corrected chi connectivity index (χ2v) is 7.51. The number of carbonyl (C=O) groups excluding carboxylic acids is 2. The van der Waals surface area contributed by atoms with Crippen molar-refractivity contribution >= 4 is 23.3 Å². The highest BCUT2D eigenvalue weighted by atomic mass is 19.4. The standard InChI is InChI=1S/C21H23F3N4O3/c1-13(2)17-11-27(15-7-8-18(25-10-15)21(22,23)24)20(30)28(17)12-19(29)26-14-5-4-6-16(9-14)31-3/h4-10,13,17H,11-12H2,1-3H3,(H,26,29)/t17-/m1/s1. The molecule has 3 rings (SSSR count). The Bertz CT molecular complexity index is 948. The number of hydrogen-bond donors (Lipinski definition) is 1. The van der Waals surface area contributed by atoms with E-state index in [4.69, 9.17) is 4.74 Å². The Kier molecular flexibility index (Phi) is 6.37. The topological polar surface area (TPSA) is 74.8 Å². The molecule has 1 atom stereocenters. The van der Waals surface area contributed by atoms with Gasteiger partial charge in [0.1, 0.15) is 18.0 Å². The Hall–Kier alpha value is -3.30. The molecule has 31 heavy (non-hydrogen) atoms. The van der Waals surface area contributed by atoms with Crippen LogP contribution >= 0.6 is 0 Å². The summed E-state index contributed by atoms with van der Waals surface area (Å²) in [4.78, 5) is 31.8. The van der Waals surface area contributed by atoms with Crippen molar-refractivity contribution in [2.75, 3.05) is 30.4 Å². The number of ether oxygens (including phenoxy) is 1. The van der Waals surface area contributed by atoms with E-state index in [2.05, 4.69) is 10.3 Å². The molecule has 0 saturated carbocycles. The second kappa shape index (κ2) is 8.83. The Morgan fingerprint density at radius 2 is 2.03 bits per heavy atom. The molecule has 10 heteroatoms. The molecule has 7 nitrogen and oxygen atoms in total. The average molecular weight is 436 g/mol. The van der Waals surface area contributed by atoms with Crippen molar-refractivity contribution < 1.29 is 27.5 Å². The number of rotatable bonds is 6. The summed E-state index contributed by atoms with van der Waals surface area (Å²) in [7, 11) is 1.52. The van der Waals surface area contributed by atoms with Gasteiger partial charge in [-0.1, -0.05) is 19.9 Å². The van der Waals surface area contributed by atoms with Crippen molar-refractivity contribution in [3.8, 4) is 5.75 Å². The van der Waals surface area contributed by atoms with Crippen LogP contribution in [0.15, 0.2) is 42.6 Å². The first-order valence-electron chi connectivity index (χ1n) is 9.65. The predicted octanol–water partition coefficient (Wildman–Crippen LogP) is 4.01. The van der Waals surface area contributed by atoms with Gasteiger partial charge in [0.25, 0.3) is 0 Å². The number of hydrogen-bond acceptors (Lipinski definition) is 4. The zero-order valence-electron chi connectivity index (χ0n) is 17.3. The van der Waals surface area contributed by atoms with Crippen molar-refractivity contribution in [1.29, 1.82) is 0 Å². The van der Waals surface area contributed by atoms with Crippen LogP contribution in [0.5, 0.6) is 5.75 Å². The predicted molar refractivity (Wildman–Crippen MR) is 109 cm³/mol. The number of nitrogens with zero attached hydrogens (tertiary/aromatic N) is 3. The van der Waals surface area contributed by atoms with Crippen molar-refractivity contribution in [1.82, 2.24) is 9.88 Å². The van der Waals surface area contributed by atoms with Gasteiger partial charge in [0.05, 0.1) is 25.0 Å². The summed E-state index contributed by atoms with van der Waals surface area (Å²) < 4.78 is 43.4. The number of nitrogens with one attached hydrogen (secondary N) is 1. The molecule has 0 radical (unpaired) electrons. The zero-order valence-corrected chi connectivity index (χ0v) is 17.3. The monoisotopic (exact) mass is 436 g/mol. The highest BCUT2D eigenvalue weighted by Crippen LogP contribution is 2.31. The molecule has 2 heterocycles. The molecule has 1 saturated heterocycles. The maximum atomic E-state index is 13.0. The zero-order chi connectivity index (χ0) is 22.8. The lowest BCUT2D eigenvalue weighted by atomic mass is 10.0. The average Bonchev–Trinajstić information content (AvgIpc) is 3.04. The van der Waals surface area contributed by atoms with E-state index in [1.165, 1.54) is 23.0 Å². The summed E-state index contributed by atoms with van der Waals surface area (Å²) in [6.07, 6.45) is -3.53. The van der Waals surface area contributed by atoms with Gasteiger partial charge in [0.2, 0.25) is 5.91 Å². The number of carbonyl (C=O) groups is 2. The summed E-state index contributed by atoms with van der Waals surface area (Å²) in [5.74, 6) is 0.219. The summed E-state index contributed by atoms with van der Waals surface area (Å²) in [5, 5.41) is 2.73. The molecule has 0 spiro atoms. The first kappa shape index (κ1) is 22.4. The molecule has 2 aromatic rings. The van der Waals surface area contributed by atoms with Crippen LogP contribution in [-0.4, -0.2) is 48.1 Å². The molecule has 1 aliphatic rings. The van der Waals surface area contributed by atoms with E-state index in [1.807, 2.05) is 13.8 Å². The van der Waals surface area contributed by atoms with Gasteiger partial charge in [-0.05, 0) is 30.2 Å². The van der Waals surface area contributed by atoms with E-state index < -0.39 is 17.9 Å². The number of anilines is 2. The van der Waals surface area contributed by atoms with E-state index >= 15 is 0 Å². The lowest BCUT2D eigenvalue weighted by Gasteiger charge is -2.25. The molecular formula is C21H23F3N4O3. The fourth-order valence-corrected chi connectivity index (χ4v) is 3.40. The maximum absolute atomic E-state index is 13.0. The van der Waals surface area contributed by atoms with Crippen molar-refractivity contribution in [2.45, 2.75) is 26.1 Å². The number of aromatic nitrogens is 1. The first-order chi connectivity index (χ1) is 14.6. The molecule has 0 aliphatic carbocycles. The number of urea groups is 1. The highest BCUT2D eigenvalue weighted by Gasteiger charge is 2.41. The molecule has 1 aliphatic heterocycles. The van der Waals surface area contributed by atoms with Crippen LogP contribution in [0.25, 0.3) is 0 Å². The van der Waals surface area contributed by atoms with Crippen LogP contribution in [0, 0.1) is 5.92 Å². The lowest BCUT2D eigenvalue weighted by molar-refractivity contribution is -0.141. The number of benzene rings is 1. The fourth-order valence-electron chi connectivity index (χ4n) is 3.40. The molecule has 3 amide bonds. The smallest absolute Gasteiger partial charge is 0.433 e. The van der Waals surface area contributed by atoms with Crippen molar-refractivity contribution in [3.63, 3.8) is 0 Å². The van der Waals surface area contributed by atoms with Crippen LogP contribution in [0.3, 0.4) is 0 Å². The van der Waals surface area contributed by atoms with Gasteiger partial charge in [0.15, 0.2) is 0 Å². The molecule has 166 valence electrons. The lowest BCUT2D eigenvalue weighted by Crippen LogP contribution is -2.42. The molecule has 1 N–H and O–H groups in total.